The van der Waals surface area contributed by atoms with E-state index in [0.29, 0.717) is 6.54 Å². The predicted molar refractivity (Wildman–Crippen MR) is 112 cm³/mol. The van der Waals surface area contributed by atoms with Crippen molar-refractivity contribution in [2.24, 2.45) is 17.6 Å². The highest BCUT2D eigenvalue weighted by Gasteiger charge is 2.27. The molecule has 26 heavy (non-hydrogen) atoms. The number of nitrogens with two attached hydrogens (primary N) is 1. The maximum Gasteiger partial charge on any atom is 0.223 e. The van der Waals surface area contributed by atoms with E-state index < -0.39 is 0 Å². The summed E-state index contributed by atoms with van der Waals surface area (Å²) in [6.45, 7) is 6.38. The maximum absolute atomic E-state index is 12.2. The molecule has 1 heterocycles. The van der Waals surface area contributed by atoms with Gasteiger partial charge in [-0.3, -0.25) is 9.69 Å². The Hall–Kier alpha value is -0.810. The zero-order valence-electron chi connectivity index (χ0n) is 15.7. The topological polar surface area (TPSA) is 58.4 Å². The fourth-order valence-electron chi connectivity index (χ4n) is 3.90. The average Bonchev–Trinajstić information content (AvgIpc) is 3.02. The van der Waals surface area contributed by atoms with Crippen molar-refractivity contribution in [2.75, 3.05) is 13.1 Å². The zero-order valence-corrected chi connectivity index (χ0v) is 17.3. The van der Waals surface area contributed by atoms with E-state index in [9.17, 15) is 4.79 Å². The summed E-state index contributed by atoms with van der Waals surface area (Å²) in [5.41, 5.74) is 8.44. The van der Waals surface area contributed by atoms with Gasteiger partial charge in [0.15, 0.2) is 0 Å². The van der Waals surface area contributed by atoms with Crippen LogP contribution in [0.1, 0.15) is 50.2 Å². The number of rotatable bonds is 5. The van der Waals surface area contributed by atoms with E-state index in [2.05, 4.69) is 41.4 Å². The molecule has 4 nitrogen and oxygen atoms in total. The Balaban J connectivity index is 0.00000169. The van der Waals surface area contributed by atoms with Gasteiger partial charge in [0, 0.05) is 25.0 Å². The normalized spacial score (nSPS) is 23.8. The van der Waals surface area contributed by atoms with Crippen molar-refractivity contribution in [3.63, 3.8) is 0 Å². The largest absolute Gasteiger partial charge is 0.352 e. The number of hydrogen-bond donors (Lipinski definition) is 2. The van der Waals surface area contributed by atoms with Crippen LogP contribution in [0.5, 0.6) is 0 Å². The van der Waals surface area contributed by atoms with Crippen molar-refractivity contribution in [3.05, 3.63) is 35.4 Å². The second-order valence-electron chi connectivity index (χ2n) is 7.77. The summed E-state index contributed by atoms with van der Waals surface area (Å²) in [7, 11) is 0. The molecule has 3 N–H and O–H groups in total. The van der Waals surface area contributed by atoms with Gasteiger partial charge >= 0.3 is 0 Å². The lowest BCUT2D eigenvalue weighted by Gasteiger charge is -2.30. The van der Waals surface area contributed by atoms with Crippen molar-refractivity contribution < 1.29 is 4.79 Å². The van der Waals surface area contributed by atoms with E-state index in [0.717, 1.165) is 31.7 Å². The summed E-state index contributed by atoms with van der Waals surface area (Å²) in [4.78, 5) is 14.8. The summed E-state index contributed by atoms with van der Waals surface area (Å²) >= 11 is 0. The molecule has 1 aromatic rings. The van der Waals surface area contributed by atoms with Crippen molar-refractivity contribution >= 4 is 30.7 Å². The lowest BCUT2D eigenvalue weighted by Crippen LogP contribution is -2.32. The molecular formula is C20H33Cl2N3O. The van der Waals surface area contributed by atoms with E-state index in [4.69, 9.17) is 5.73 Å². The summed E-state index contributed by atoms with van der Waals surface area (Å²) < 4.78 is 0. The molecule has 0 bridgehead atoms. The van der Waals surface area contributed by atoms with Gasteiger partial charge in [0.25, 0.3) is 0 Å². The van der Waals surface area contributed by atoms with Crippen molar-refractivity contribution in [1.82, 2.24) is 10.2 Å². The lowest BCUT2D eigenvalue weighted by atomic mass is 9.98. The monoisotopic (exact) mass is 401 g/mol. The van der Waals surface area contributed by atoms with E-state index >= 15 is 0 Å². The Morgan fingerprint density at radius 1 is 1.15 bits per heavy atom. The van der Waals surface area contributed by atoms with Gasteiger partial charge in [-0.25, -0.2) is 0 Å². The van der Waals surface area contributed by atoms with Crippen molar-refractivity contribution in [1.29, 1.82) is 0 Å². The first-order chi connectivity index (χ1) is 11.6. The molecule has 0 radical (unpaired) electrons. The third-order valence-electron chi connectivity index (χ3n) is 5.58. The SMILES string of the molecule is CC1CCN(Cc2cccc(CNC(=O)C3CCC(N)C3)c2)CC1.Cl.Cl. The Labute approximate surface area is 170 Å². The number of carbonyl (C=O) groups is 1. The minimum absolute atomic E-state index is 0. The first kappa shape index (κ1) is 23.2. The van der Waals surface area contributed by atoms with E-state index in [1.54, 1.807) is 0 Å². The number of halogens is 2. The number of nitrogens with zero attached hydrogens (tertiary/aromatic N) is 1. The molecule has 3 rings (SSSR count). The van der Waals surface area contributed by atoms with Gasteiger partial charge in [-0.15, -0.1) is 24.8 Å². The maximum atomic E-state index is 12.2. The number of piperidine rings is 1. The average molecular weight is 402 g/mol. The highest BCUT2D eigenvalue weighted by molar-refractivity contribution is 5.85. The van der Waals surface area contributed by atoms with Gasteiger partial charge in [0.05, 0.1) is 0 Å². The van der Waals surface area contributed by atoms with Gasteiger partial charge in [-0.2, -0.15) is 0 Å². The van der Waals surface area contributed by atoms with Crippen LogP contribution in [0.15, 0.2) is 24.3 Å². The highest BCUT2D eigenvalue weighted by Crippen LogP contribution is 2.24. The number of hydrogen-bond acceptors (Lipinski definition) is 3. The Morgan fingerprint density at radius 2 is 1.85 bits per heavy atom. The molecule has 6 heteroatoms. The standard InChI is InChI=1S/C20H31N3O.2ClH/c1-15-7-9-23(10-8-15)14-17-4-2-3-16(11-17)13-22-20(24)18-5-6-19(21)12-18;;/h2-4,11,15,18-19H,5-10,12-14,21H2,1H3,(H,22,24);2*1H. The van der Waals surface area contributed by atoms with E-state index in [1.807, 2.05) is 0 Å². The van der Waals surface area contributed by atoms with Crippen LogP contribution in [-0.4, -0.2) is 29.9 Å². The Kier molecular flexibility index (Phi) is 9.94. The minimum Gasteiger partial charge on any atom is -0.352 e. The molecular weight excluding hydrogens is 369 g/mol. The molecule has 1 aliphatic carbocycles. The van der Waals surface area contributed by atoms with Gasteiger partial charge in [0.2, 0.25) is 5.91 Å². The molecule has 2 atom stereocenters. The zero-order chi connectivity index (χ0) is 16.9. The van der Waals surface area contributed by atoms with Crippen LogP contribution < -0.4 is 11.1 Å². The predicted octanol–water partition coefficient (Wildman–Crippen LogP) is 3.51. The quantitative estimate of drug-likeness (QED) is 0.793. The molecule has 1 aromatic carbocycles. The van der Waals surface area contributed by atoms with Gasteiger partial charge in [-0.05, 0) is 62.2 Å². The van der Waals surface area contributed by atoms with Gasteiger partial charge in [-0.1, -0.05) is 31.2 Å². The second-order valence-corrected chi connectivity index (χ2v) is 7.77. The molecule has 1 saturated heterocycles. The summed E-state index contributed by atoms with van der Waals surface area (Å²) in [5, 5.41) is 3.09. The lowest BCUT2D eigenvalue weighted by molar-refractivity contribution is -0.125. The van der Waals surface area contributed by atoms with E-state index in [1.165, 1.54) is 37.1 Å². The summed E-state index contributed by atoms with van der Waals surface area (Å²) in [6, 6.07) is 8.84. The van der Waals surface area contributed by atoms with E-state index in [-0.39, 0.29) is 42.7 Å². The van der Waals surface area contributed by atoms with Crippen LogP contribution in [0.2, 0.25) is 0 Å². The van der Waals surface area contributed by atoms with Gasteiger partial charge < -0.3 is 11.1 Å². The summed E-state index contributed by atoms with van der Waals surface area (Å²) in [5.74, 6) is 1.14. The van der Waals surface area contributed by atoms with Crippen LogP contribution in [-0.2, 0) is 17.9 Å². The van der Waals surface area contributed by atoms with Crippen LogP contribution in [0.4, 0.5) is 0 Å². The molecule has 2 aliphatic rings. The molecule has 1 amide bonds. The second kappa shape index (κ2) is 11.1. The number of benzene rings is 1. The highest BCUT2D eigenvalue weighted by atomic mass is 35.5. The first-order valence-corrected chi connectivity index (χ1v) is 9.43. The molecule has 0 aromatic heterocycles. The van der Waals surface area contributed by atoms with Crippen LogP contribution >= 0.6 is 24.8 Å². The number of nitrogens with one attached hydrogen (secondary N) is 1. The number of likely N-dealkylation sites (tertiary alicyclic amines) is 1. The molecule has 1 saturated carbocycles. The fourth-order valence-corrected chi connectivity index (χ4v) is 3.90. The molecule has 1 aliphatic heterocycles. The summed E-state index contributed by atoms with van der Waals surface area (Å²) in [6.07, 6.45) is 5.35. The number of amides is 1. The smallest absolute Gasteiger partial charge is 0.223 e. The molecule has 148 valence electrons. The third kappa shape index (κ3) is 6.73. The molecule has 0 spiro atoms. The van der Waals surface area contributed by atoms with Crippen LogP contribution in [0, 0.1) is 11.8 Å². The van der Waals surface area contributed by atoms with Gasteiger partial charge in [0.1, 0.15) is 0 Å². The fraction of sp³-hybridized carbons (Fsp3) is 0.650. The minimum atomic E-state index is 0. The number of carbonyl (C=O) groups excluding carboxylic acids is 1. The van der Waals surface area contributed by atoms with Crippen LogP contribution in [0.3, 0.4) is 0 Å². The first-order valence-electron chi connectivity index (χ1n) is 9.43. The van der Waals surface area contributed by atoms with Crippen molar-refractivity contribution in [3.8, 4) is 0 Å². The Bertz CT molecular complexity index is 562. The molecule has 2 unspecified atom stereocenters. The Morgan fingerprint density at radius 3 is 2.50 bits per heavy atom. The molecule has 2 fully saturated rings. The van der Waals surface area contributed by atoms with Crippen molar-refractivity contribution in [2.45, 2.75) is 58.2 Å². The van der Waals surface area contributed by atoms with Crippen LogP contribution in [0.25, 0.3) is 0 Å². The third-order valence-corrected chi connectivity index (χ3v) is 5.58.